The third-order valence-corrected chi connectivity index (χ3v) is 3.95. The second-order valence-electron chi connectivity index (χ2n) is 4.94. The van der Waals surface area contributed by atoms with Crippen LogP contribution in [0.5, 0.6) is 0 Å². The summed E-state index contributed by atoms with van der Waals surface area (Å²) < 4.78 is 1.87. The van der Waals surface area contributed by atoms with E-state index in [2.05, 4.69) is 17.2 Å². The second kappa shape index (κ2) is 4.08. The molecule has 1 unspecified atom stereocenters. The van der Waals surface area contributed by atoms with Crippen LogP contribution in [0, 0.1) is 5.92 Å². The van der Waals surface area contributed by atoms with Gasteiger partial charge in [-0.05, 0) is 37.8 Å². The van der Waals surface area contributed by atoms with E-state index in [0.29, 0.717) is 11.4 Å². The molecule has 1 aliphatic carbocycles. The lowest BCUT2D eigenvalue weighted by atomic mass is 9.80. The number of nitrogens with zero attached hydrogens (tertiary/aromatic N) is 3. The van der Waals surface area contributed by atoms with E-state index in [1.807, 2.05) is 10.7 Å². The number of aromatic carboxylic acids is 1. The average molecular weight is 245 g/mol. The van der Waals surface area contributed by atoms with Crippen LogP contribution < -0.4 is 0 Å². The van der Waals surface area contributed by atoms with Crippen molar-refractivity contribution in [3.8, 4) is 0 Å². The monoisotopic (exact) mass is 245 g/mol. The lowest BCUT2D eigenvalue weighted by Gasteiger charge is -2.31. The molecule has 0 amide bonds. The first-order valence-corrected chi connectivity index (χ1v) is 6.25. The van der Waals surface area contributed by atoms with Crippen LogP contribution in [0.2, 0.25) is 0 Å². The maximum atomic E-state index is 11.1. The van der Waals surface area contributed by atoms with Crippen molar-refractivity contribution in [2.24, 2.45) is 5.92 Å². The Morgan fingerprint density at radius 1 is 1.50 bits per heavy atom. The predicted molar refractivity (Wildman–Crippen MR) is 66.5 cm³/mol. The maximum Gasteiger partial charge on any atom is 0.338 e. The van der Waals surface area contributed by atoms with Crippen LogP contribution in [-0.4, -0.2) is 26.1 Å². The number of aromatic nitrogens is 3. The third kappa shape index (κ3) is 1.58. The second-order valence-corrected chi connectivity index (χ2v) is 4.94. The summed E-state index contributed by atoms with van der Waals surface area (Å²) in [4.78, 5) is 11.1. The summed E-state index contributed by atoms with van der Waals surface area (Å²) in [5.41, 5.74) is 1.52. The molecule has 1 aliphatic rings. The fourth-order valence-corrected chi connectivity index (χ4v) is 2.56. The number of carboxylic acids is 1. The summed E-state index contributed by atoms with van der Waals surface area (Å²) in [6, 6.07) is 5.49. The van der Waals surface area contributed by atoms with E-state index in [9.17, 15) is 4.79 Å². The van der Waals surface area contributed by atoms with Crippen molar-refractivity contribution in [3.05, 3.63) is 23.8 Å². The molecule has 0 aliphatic heterocycles. The molecule has 1 fully saturated rings. The molecule has 94 valence electrons. The largest absolute Gasteiger partial charge is 0.478 e. The van der Waals surface area contributed by atoms with Crippen molar-refractivity contribution in [3.63, 3.8) is 0 Å². The zero-order chi connectivity index (χ0) is 12.7. The lowest BCUT2D eigenvalue weighted by Crippen LogP contribution is -2.23. The summed E-state index contributed by atoms with van der Waals surface area (Å²) in [6.07, 6.45) is 3.73. The molecule has 2 aromatic rings. The summed E-state index contributed by atoms with van der Waals surface area (Å²) in [6.45, 7) is 2.13. The Hall–Kier alpha value is -1.91. The van der Waals surface area contributed by atoms with Crippen LogP contribution >= 0.6 is 0 Å². The highest BCUT2D eigenvalue weighted by atomic mass is 16.4. The number of rotatable bonds is 3. The first-order valence-electron chi connectivity index (χ1n) is 6.25. The van der Waals surface area contributed by atoms with E-state index in [-0.39, 0.29) is 11.6 Å². The Bertz CT molecular complexity index is 601. The summed E-state index contributed by atoms with van der Waals surface area (Å²) in [7, 11) is 0. The molecule has 1 atom stereocenters. The van der Waals surface area contributed by atoms with Crippen molar-refractivity contribution < 1.29 is 9.90 Å². The number of hydrogen-bond acceptors (Lipinski definition) is 3. The Morgan fingerprint density at radius 2 is 2.28 bits per heavy atom. The van der Waals surface area contributed by atoms with E-state index in [0.717, 1.165) is 5.52 Å². The Morgan fingerprint density at radius 3 is 2.89 bits per heavy atom. The van der Waals surface area contributed by atoms with Crippen molar-refractivity contribution in [1.82, 2.24) is 15.0 Å². The molecule has 0 saturated heterocycles. The highest BCUT2D eigenvalue weighted by Gasteiger charge is 2.27. The molecule has 0 bridgehead atoms. The van der Waals surface area contributed by atoms with Gasteiger partial charge in [-0.15, -0.1) is 5.10 Å². The van der Waals surface area contributed by atoms with Crippen LogP contribution in [0.1, 0.15) is 42.6 Å². The summed E-state index contributed by atoms with van der Waals surface area (Å²) in [5, 5.41) is 17.3. The van der Waals surface area contributed by atoms with Gasteiger partial charge in [-0.25, -0.2) is 9.48 Å². The molecular weight excluding hydrogens is 230 g/mol. The third-order valence-electron chi connectivity index (χ3n) is 3.95. The van der Waals surface area contributed by atoms with Gasteiger partial charge in [0.15, 0.2) is 0 Å². The van der Waals surface area contributed by atoms with Crippen molar-refractivity contribution in [2.75, 3.05) is 0 Å². The van der Waals surface area contributed by atoms with Crippen molar-refractivity contribution >= 4 is 17.0 Å². The minimum Gasteiger partial charge on any atom is -0.478 e. The topological polar surface area (TPSA) is 68.0 Å². The number of carbonyl (C=O) groups is 1. The van der Waals surface area contributed by atoms with E-state index in [4.69, 9.17) is 5.11 Å². The summed E-state index contributed by atoms with van der Waals surface area (Å²) >= 11 is 0. The van der Waals surface area contributed by atoms with Crippen LogP contribution in [0.4, 0.5) is 0 Å². The van der Waals surface area contributed by atoms with Gasteiger partial charge in [0.2, 0.25) is 0 Å². The fourth-order valence-electron chi connectivity index (χ4n) is 2.56. The maximum absolute atomic E-state index is 11.1. The first kappa shape index (κ1) is 11.2. The molecule has 18 heavy (non-hydrogen) atoms. The number of hydrogen-bond donors (Lipinski definition) is 1. The van der Waals surface area contributed by atoms with Gasteiger partial charge in [0.25, 0.3) is 0 Å². The molecule has 0 spiro atoms. The van der Waals surface area contributed by atoms with Crippen molar-refractivity contribution in [2.45, 2.75) is 32.2 Å². The van der Waals surface area contributed by atoms with Gasteiger partial charge in [-0.3, -0.25) is 0 Å². The molecule has 1 saturated carbocycles. The van der Waals surface area contributed by atoms with Gasteiger partial charge < -0.3 is 5.11 Å². The summed E-state index contributed by atoms with van der Waals surface area (Å²) in [5.74, 6) is -0.313. The Kier molecular flexibility index (Phi) is 2.54. The number of carboxylic acid groups (broad SMARTS) is 1. The van der Waals surface area contributed by atoms with Crippen LogP contribution in [0.25, 0.3) is 11.0 Å². The van der Waals surface area contributed by atoms with Crippen LogP contribution in [0.15, 0.2) is 18.2 Å². The van der Waals surface area contributed by atoms with Gasteiger partial charge in [0.05, 0.1) is 17.1 Å². The van der Waals surface area contributed by atoms with Gasteiger partial charge in [-0.2, -0.15) is 0 Å². The SMILES string of the molecule is CC(C1CCC1)n1nnc2c(C(=O)O)cccc21. The molecule has 1 aromatic heterocycles. The van der Waals surface area contributed by atoms with E-state index in [1.165, 1.54) is 19.3 Å². The molecule has 1 heterocycles. The standard InChI is InChI=1S/C13H15N3O2/c1-8(9-4-2-5-9)16-11-7-3-6-10(13(17)18)12(11)14-15-16/h3,6-9H,2,4-5H2,1H3,(H,17,18). The molecule has 1 aromatic carbocycles. The van der Waals surface area contributed by atoms with Crippen LogP contribution in [0.3, 0.4) is 0 Å². The van der Waals surface area contributed by atoms with Crippen LogP contribution in [-0.2, 0) is 0 Å². The van der Waals surface area contributed by atoms with Gasteiger partial charge in [-0.1, -0.05) is 17.7 Å². The zero-order valence-electron chi connectivity index (χ0n) is 10.2. The van der Waals surface area contributed by atoms with Crippen molar-refractivity contribution in [1.29, 1.82) is 0 Å². The van der Waals surface area contributed by atoms with Gasteiger partial charge in [0, 0.05) is 0 Å². The van der Waals surface area contributed by atoms with E-state index < -0.39 is 5.97 Å². The Balaban J connectivity index is 2.08. The van der Waals surface area contributed by atoms with E-state index in [1.54, 1.807) is 12.1 Å². The molecule has 3 rings (SSSR count). The smallest absolute Gasteiger partial charge is 0.338 e. The Labute approximate surface area is 104 Å². The normalized spacial score (nSPS) is 17.6. The number of benzene rings is 1. The number of fused-ring (bicyclic) bond motifs is 1. The zero-order valence-corrected chi connectivity index (χ0v) is 10.2. The first-order chi connectivity index (χ1) is 8.68. The molecule has 5 heteroatoms. The predicted octanol–water partition coefficient (Wildman–Crippen LogP) is 2.49. The van der Waals surface area contributed by atoms with E-state index >= 15 is 0 Å². The molecule has 5 nitrogen and oxygen atoms in total. The lowest BCUT2D eigenvalue weighted by molar-refractivity contribution is 0.0699. The fraction of sp³-hybridized carbons (Fsp3) is 0.462. The van der Waals surface area contributed by atoms with Gasteiger partial charge in [0.1, 0.15) is 5.52 Å². The average Bonchev–Trinajstić information content (AvgIpc) is 2.69. The highest BCUT2D eigenvalue weighted by Crippen LogP contribution is 2.36. The minimum absolute atomic E-state index is 0.222. The molecule has 0 radical (unpaired) electrons. The quantitative estimate of drug-likeness (QED) is 0.902. The molecule has 1 N–H and O–H groups in total. The molecular formula is C13H15N3O2. The highest BCUT2D eigenvalue weighted by molar-refractivity contribution is 6.00. The van der Waals surface area contributed by atoms with Gasteiger partial charge >= 0.3 is 5.97 Å². The minimum atomic E-state index is -0.955.